The fourth-order valence-corrected chi connectivity index (χ4v) is 4.65. The second-order valence-electron chi connectivity index (χ2n) is 10.2. The Hall–Kier alpha value is -3.18. The highest BCUT2D eigenvalue weighted by molar-refractivity contribution is 6.01. The highest BCUT2D eigenvalue weighted by atomic mass is 16.5. The summed E-state index contributed by atoms with van der Waals surface area (Å²) < 4.78 is 11.0. The maximum Gasteiger partial charge on any atom is 0.255 e. The lowest BCUT2D eigenvalue weighted by molar-refractivity contribution is -0.139. The number of para-hydroxylation sites is 1. The maximum atomic E-state index is 13.6. The van der Waals surface area contributed by atoms with Gasteiger partial charge in [-0.15, -0.1) is 0 Å². The second kappa shape index (κ2) is 14.1. The van der Waals surface area contributed by atoms with Gasteiger partial charge in [0, 0.05) is 46.9 Å². The topological polar surface area (TPSA) is 121 Å². The van der Waals surface area contributed by atoms with E-state index in [1.807, 2.05) is 13.8 Å². The summed E-state index contributed by atoms with van der Waals surface area (Å²) in [6, 6.07) is 4.92. The molecule has 0 aromatic heterocycles. The van der Waals surface area contributed by atoms with Gasteiger partial charge in [-0.2, -0.15) is 0 Å². The number of carbonyl (C=O) groups is 4. The number of amides is 4. The average molecular weight is 532 g/mol. The highest BCUT2D eigenvalue weighted by Crippen LogP contribution is 2.19. The molecule has 2 aliphatic rings. The van der Waals surface area contributed by atoms with Crippen LogP contribution in [0, 0.1) is 5.92 Å². The van der Waals surface area contributed by atoms with Crippen LogP contribution in [0.15, 0.2) is 24.3 Å². The fraction of sp³-hybridized carbons (Fsp3) is 0.630. The number of carbonyl (C=O) groups excluding carboxylic acids is 4. The molecule has 2 atom stereocenters. The lowest BCUT2D eigenvalue weighted by Gasteiger charge is -2.36. The monoisotopic (exact) mass is 531 g/mol. The molecule has 0 unspecified atom stereocenters. The Morgan fingerprint density at radius 1 is 1.08 bits per heavy atom. The second-order valence-corrected chi connectivity index (χ2v) is 10.2. The number of fused-ring (bicyclic) bond motifs is 1. The van der Waals surface area contributed by atoms with Crippen molar-refractivity contribution in [2.45, 2.75) is 38.8 Å². The van der Waals surface area contributed by atoms with Gasteiger partial charge in [-0.3, -0.25) is 24.1 Å². The molecule has 4 amide bonds. The van der Waals surface area contributed by atoms with Gasteiger partial charge in [0.15, 0.2) is 0 Å². The third kappa shape index (κ3) is 8.16. The Morgan fingerprint density at radius 2 is 1.79 bits per heavy atom. The van der Waals surface area contributed by atoms with Crippen LogP contribution in [0.4, 0.5) is 0 Å². The predicted octanol–water partition coefficient (Wildman–Crippen LogP) is 0.347. The van der Waals surface area contributed by atoms with Gasteiger partial charge in [-0.05, 0) is 24.5 Å². The third-order valence-electron chi connectivity index (χ3n) is 6.82. The standard InChI is InChI=1S/C27H41N5O6/c1-19(2)17-21-26(35)30(3)13-16-38-23-8-6-5-7-20(23)25(34)29-22(18-24(33)28-21)27(36)32-11-9-31(10-12-32)14-15-37-4/h5-8,19,21-22H,9-18H2,1-4H3,(H,28,33)(H,29,34)/t21-,22-/m0/s1. The minimum absolute atomic E-state index is 0.159. The summed E-state index contributed by atoms with van der Waals surface area (Å²) in [7, 11) is 3.32. The van der Waals surface area contributed by atoms with E-state index < -0.39 is 23.9 Å². The van der Waals surface area contributed by atoms with Crippen molar-refractivity contribution in [1.29, 1.82) is 0 Å². The first-order valence-corrected chi connectivity index (χ1v) is 13.3. The molecule has 0 bridgehead atoms. The Labute approximate surface area is 224 Å². The molecule has 2 heterocycles. The number of hydrogen-bond acceptors (Lipinski definition) is 7. The first-order chi connectivity index (χ1) is 18.2. The van der Waals surface area contributed by atoms with Gasteiger partial charge in [0.2, 0.25) is 17.7 Å². The number of nitrogens with zero attached hydrogens (tertiary/aromatic N) is 3. The number of rotatable bonds is 6. The van der Waals surface area contributed by atoms with Crippen LogP contribution in [-0.4, -0.2) is 117 Å². The van der Waals surface area contributed by atoms with E-state index in [2.05, 4.69) is 15.5 Å². The van der Waals surface area contributed by atoms with Crippen LogP contribution >= 0.6 is 0 Å². The number of nitrogens with one attached hydrogen (secondary N) is 2. The van der Waals surface area contributed by atoms with Crippen LogP contribution in [0.5, 0.6) is 5.75 Å². The molecule has 11 nitrogen and oxygen atoms in total. The van der Waals surface area contributed by atoms with Gasteiger partial charge < -0.3 is 29.9 Å². The zero-order chi connectivity index (χ0) is 27.7. The van der Waals surface area contributed by atoms with E-state index in [1.165, 1.54) is 4.90 Å². The van der Waals surface area contributed by atoms with Gasteiger partial charge in [0.25, 0.3) is 5.91 Å². The molecule has 3 rings (SSSR count). The number of piperazine rings is 1. The van der Waals surface area contributed by atoms with Crippen molar-refractivity contribution >= 4 is 23.6 Å². The average Bonchev–Trinajstić information content (AvgIpc) is 2.90. The van der Waals surface area contributed by atoms with Crippen molar-refractivity contribution in [2.75, 3.05) is 66.6 Å². The molecular formula is C27H41N5O6. The number of ether oxygens (including phenoxy) is 2. The van der Waals surface area contributed by atoms with Crippen molar-refractivity contribution in [3.05, 3.63) is 29.8 Å². The molecule has 1 saturated heterocycles. The van der Waals surface area contributed by atoms with Crippen molar-refractivity contribution < 1.29 is 28.7 Å². The van der Waals surface area contributed by atoms with E-state index in [-0.39, 0.29) is 42.9 Å². The van der Waals surface area contributed by atoms with E-state index in [4.69, 9.17) is 9.47 Å². The highest BCUT2D eigenvalue weighted by Gasteiger charge is 2.33. The maximum absolute atomic E-state index is 13.6. The van der Waals surface area contributed by atoms with E-state index in [9.17, 15) is 19.2 Å². The lowest BCUT2D eigenvalue weighted by Crippen LogP contribution is -2.57. The largest absolute Gasteiger partial charge is 0.491 e. The number of hydrogen-bond donors (Lipinski definition) is 2. The number of methoxy groups -OCH3 is 1. The zero-order valence-electron chi connectivity index (χ0n) is 22.9. The summed E-state index contributed by atoms with van der Waals surface area (Å²) in [6.07, 6.45) is 0.177. The van der Waals surface area contributed by atoms with Crippen LogP contribution in [0.3, 0.4) is 0 Å². The molecule has 0 saturated carbocycles. The summed E-state index contributed by atoms with van der Waals surface area (Å²) in [5.74, 6) is -0.994. The molecule has 1 aromatic carbocycles. The summed E-state index contributed by atoms with van der Waals surface area (Å²) in [4.78, 5) is 58.6. The molecule has 1 aromatic rings. The Bertz CT molecular complexity index is 978. The van der Waals surface area contributed by atoms with Crippen molar-refractivity contribution in [2.24, 2.45) is 5.92 Å². The van der Waals surface area contributed by atoms with Crippen LogP contribution in [0.25, 0.3) is 0 Å². The van der Waals surface area contributed by atoms with Gasteiger partial charge in [0.05, 0.1) is 25.1 Å². The SMILES string of the molecule is COCCN1CCN(C(=O)[C@@H]2CC(=O)N[C@@H](CC(C)C)C(=O)N(C)CCOc3ccccc3C(=O)N2)CC1. The molecule has 0 radical (unpaired) electrons. The Kier molecular flexibility index (Phi) is 10.9. The zero-order valence-corrected chi connectivity index (χ0v) is 22.9. The molecule has 11 heteroatoms. The Morgan fingerprint density at radius 3 is 2.47 bits per heavy atom. The molecule has 38 heavy (non-hydrogen) atoms. The van der Waals surface area contributed by atoms with E-state index in [0.717, 1.165) is 6.54 Å². The summed E-state index contributed by atoms with van der Waals surface area (Å²) >= 11 is 0. The van der Waals surface area contributed by atoms with Crippen molar-refractivity contribution in [1.82, 2.24) is 25.3 Å². The van der Waals surface area contributed by atoms with Gasteiger partial charge >= 0.3 is 0 Å². The lowest BCUT2D eigenvalue weighted by atomic mass is 10.0. The van der Waals surface area contributed by atoms with Crippen LogP contribution in [0.2, 0.25) is 0 Å². The van der Waals surface area contributed by atoms with Crippen molar-refractivity contribution in [3.63, 3.8) is 0 Å². The van der Waals surface area contributed by atoms with Gasteiger partial charge in [-0.25, -0.2) is 0 Å². The molecule has 2 aliphatic heterocycles. The van der Waals surface area contributed by atoms with Crippen LogP contribution in [0.1, 0.15) is 37.0 Å². The van der Waals surface area contributed by atoms with Gasteiger partial charge in [0.1, 0.15) is 24.4 Å². The molecule has 2 N–H and O–H groups in total. The van der Waals surface area contributed by atoms with Crippen LogP contribution in [-0.2, 0) is 19.1 Å². The van der Waals surface area contributed by atoms with E-state index in [0.29, 0.717) is 45.0 Å². The van der Waals surface area contributed by atoms with Crippen molar-refractivity contribution in [3.8, 4) is 5.75 Å². The van der Waals surface area contributed by atoms with E-state index in [1.54, 1.807) is 43.3 Å². The Balaban J connectivity index is 1.84. The fourth-order valence-electron chi connectivity index (χ4n) is 4.65. The first-order valence-electron chi connectivity index (χ1n) is 13.3. The minimum atomic E-state index is -1.09. The van der Waals surface area contributed by atoms with Gasteiger partial charge in [-0.1, -0.05) is 26.0 Å². The summed E-state index contributed by atoms with van der Waals surface area (Å²) in [6.45, 7) is 8.11. The molecular weight excluding hydrogens is 490 g/mol. The minimum Gasteiger partial charge on any atom is -0.491 e. The molecule has 1 fully saturated rings. The number of likely N-dealkylation sites (N-methyl/N-ethyl adjacent to an activating group) is 1. The molecule has 0 aliphatic carbocycles. The quantitative estimate of drug-likeness (QED) is 0.543. The molecule has 210 valence electrons. The predicted molar refractivity (Wildman–Crippen MR) is 142 cm³/mol. The number of benzene rings is 1. The van der Waals surface area contributed by atoms with E-state index >= 15 is 0 Å². The third-order valence-corrected chi connectivity index (χ3v) is 6.82. The van der Waals surface area contributed by atoms with Crippen LogP contribution < -0.4 is 15.4 Å². The molecule has 0 spiro atoms. The summed E-state index contributed by atoms with van der Waals surface area (Å²) in [5, 5.41) is 5.59. The first kappa shape index (κ1) is 29.4. The smallest absolute Gasteiger partial charge is 0.255 e. The summed E-state index contributed by atoms with van der Waals surface area (Å²) in [5.41, 5.74) is 0.263. The normalized spacial score (nSPS) is 22.3.